The van der Waals surface area contributed by atoms with Crippen LogP contribution in [0.4, 0.5) is 0 Å². The van der Waals surface area contributed by atoms with Gasteiger partial charge in [0.1, 0.15) is 0 Å². The Labute approximate surface area is 131 Å². The van der Waals surface area contributed by atoms with E-state index in [2.05, 4.69) is 6.07 Å². The maximum Gasteiger partial charge on any atom is 0.243 e. The summed E-state index contributed by atoms with van der Waals surface area (Å²) in [6.07, 6.45) is 0. The summed E-state index contributed by atoms with van der Waals surface area (Å²) in [7, 11) is -1.92. The van der Waals surface area contributed by atoms with E-state index in [4.69, 9.17) is 11.6 Å². The number of nitrogens with zero attached hydrogens (tertiary/aromatic N) is 1. The van der Waals surface area contributed by atoms with Crippen LogP contribution in [0.2, 0.25) is 5.02 Å². The number of aryl methyl sites for hydroxylation is 2. The number of sulfonamides is 1. The van der Waals surface area contributed by atoms with Crippen molar-refractivity contribution in [1.82, 2.24) is 4.31 Å². The van der Waals surface area contributed by atoms with E-state index in [1.54, 1.807) is 19.2 Å². The van der Waals surface area contributed by atoms with E-state index in [1.807, 2.05) is 26.0 Å². The zero-order chi connectivity index (χ0) is 15.6. The first-order valence-electron chi connectivity index (χ1n) is 6.59. The molecule has 2 aromatic carbocycles. The molecule has 0 fully saturated rings. The molecule has 5 heteroatoms. The predicted octanol–water partition coefficient (Wildman–Crippen LogP) is 3.78. The molecule has 0 amide bonds. The maximum absolute atomic E-state index is 12.5. The van der Waals surface area contributed by atoms with Crippen LogP contribution in [-0.4, -0.2) is 19.8 Å². The molecule has 112 valence electrons. The van der Waals surface area contributed by atoms with Gasteiger partial charge in [0.2, 0.25) is 10.0 Å². The molecule has 0 saturated carbocycles. The molecule has 0 aliphatic heterocycles. The molecular weight excluding hydrogens is 306 g/mol. The zero-order valence-electron chi connectivity index (χ0n) is 12.3. The number of hydrogen-bond acceptors (Lipinski definition) is 2. The van der Waals surface area contributed by atoms with E-state index < -0.39 is 10.0 Å². The molecule has 0 heterocycles. The molecule has 21 heavy (non-hydrogen) atoms. The summed E-state index contributed by atoms with van der Waals surface area (Å²) >= 11 is 5.80. The van der Waals surface area contributed by atoms with Crippen molar-refractivity contribution in [3.63, 3.8) is 0 Å². The summed E-state index contributed by atoms with van der Waals surface area (Å²) in [5.74, 6) is 0. The van der Waals surface area contributed by atoms with Crippen molar-refractivity contribution in [3.05, 3.63) is 64.2 Å². The fraction of sp³-hybridized carbons (Fsp3) is 0.250. The summed E-state index contributed by atoms with van der Waals surface area (Å²) in [6.45, 7) is 4.35. The van der Waals surface area contributed by atoms with Gasteiger partial charge >= 0.3 is 0 Å². The lowest BCUT2D eigenvalue weighted by molar-refractivity contribution is 0.466. The van der Waals surface area contributed by atoms with E-state index in [0.29, 0.717) is 11.6 Å². The molecule has 3 nitrogen and oxygen atoms in total. The lowest BCUT2D eigenvalue weighted by Crippen LogP contribution is -2.26. The third-order valence-corrected chi connectivity index (χ3v) is 5.48. The SMILES string of the molecule is Cc1ccc(CN(C)S(=O)(=O)c2ccc(Cl)cc2)c(C)c1. The van der Waals surface area contributed by atoms with Gasteiger partial charge in [-0.15, -0.1) is 0 Å². The Kier molecular flexibility index (Phi) is 4.71. The Hall–Kier alpha value is -1.36. The fourth-order valence-electron chi connectivity index (χ4n) is 2.13. The lowest BCUT2D eigenvalue weighted by atomic mass is 10.1. The second-order valence-corrected chi connectivity index (χ2v) is 7.63. The van der Waals surface area contributed by atoms with Gasteiger partial charge in [0.15, 0.2) is 0 Å². The Morgan fingerprint density at radius 3 is 2.24 bits per heavy atom. The highest BCUT2D eigenvalue weighted by molar-refractivity contribution is 7.89. The van der Waals surface area contributed by atoms with Crippen LogP contribution < -0.4 is 0 Å². The highest BCUT2D eigenvalue weighted by Gasteiger charge is 2.21. The first-order valence-corrected chi connectivity index (χ1v) is 8.40. The summed E-state index contributed by atoms with van der Waals surface area (Å²) in [6, 6.07) is 12.2. The maximum atomic E-state index is 12.5. The van der Waals surface area contributed by atoms with Crippen LogP contribution in [0, 0.1) is 13.8 Å². The van der Waals surface area contributed by atoms with Gasteiger partial charge in [0.05, 0.1) is 4.90 Å². The molecule has 0 N–H and O–H groups in total. The van der Waals surface area contributed by atoms with Crippen LogP contribution in [0.15, 0.2) is 47.4 Å². The Morgan fingerprint density at radius 1 is 1.05 bits per heavy atom. The van der Waals surface area contributed by atoms with Gasteiger partial charge in [-0.1, -0.05) is 35.4 Å². The zero-order valence-corrected chi connectivity index (χ0v) is 13.9. The standard InChI is InChI=1S/C16H18ClNO2S/c1-12-4-5-14(13(2)10-12)11-18(3)21(19,20)16-8-6-15(17)7-9-16/h4-10H,11H2,1-3H3. The minimum Gasteiger partial charge on any atom is -0.207 e. The molecule has 0 atom stereocenters. The van der Waals surface area contributed by atoms with Crippen molar-refractivity contribution < 1.29 is 8.42 Å². The molecule has 0 aromatic heterocycles. The molecule has 0 aliphatic carbocycles. The van der Waals surface area contributed by atoms with Gasteiger partial charge < -0.3 is 0 Å². The van der Waals surface area contributed by atoms with Gasteiger partial charge in [0, 0.05) is 18.6 Å². The Morgan fingerprint density at radius 2 is 1.67 bits per heavy atom. The van der Waals surface area contributed by atoms with E-state index in [1.165, 1.54) is 22.0 Å². The minimum absolute atomic E-state index is 0.249. The molecule has 0 unspecified atom stereocenters. The van der Waals surface area contributed by atoms with E-state index in [9.17, 15) is 8.42 Å². The van der Waals surface area contributed by atoms with Gasteiger partial charge in [0.25, 0.3) is 0 Å². The van der Waals surface area contributed by atoms with Crippen LogP contribution in [0.25, 0.3) is 0 Å². The average Bonchev–Trinajstić information content (AvgIpc) is 2.42. The smallest absolute Gasteiger partial charge is 0.207 e. The summed E-state index contributed by atoms with van der Waals surface area (Å²) in [5, 5.41) is 0.519. The van der Waals surface area contributed by atoms with Gasteiger partial charge in [-0.05, 0) is 49.2 Å². The number of halogens is 1. The van der Waals surface area contributed by atoms with Crippen LogP contribution >= 0.6 is 11.6 Å². The van der Waals surface area contributed by atoms with Crippen LogP contribution in [0.1, 0.15) is 16.7 Å². The topological polar surface area (TPSA) is 37.4 Å². The summed E-state index contributed by atoms with van der Waals surface area (Å²) in [5.41, 5.74) is 3.26. The van der Waals surface area contributed by atoms with Gasteiger partial charge in [-0.25, -0.2) is 8.42 Å². The third-order valence-electron chi connectivity index (χ3n) is 3.41. The molecule has 2 rings (SSSR count). The van der Waals surface area contributed by atoms with Crippen molar-refractivity contribution in [2.45, 2.75) is 25.3 Å². The van der Waals surface area contributed by atoms with Crippen molar-refractivity contribution >= 4 is 21.6 Å². The highest BCUT2D eigenvalue weighted by atomic mass is 35.5. The number of benzene rings is 2. The molecule has 0 saturated heterocycles. The molecule has 2 aromatic rings. The fourth-order valence-corrected chi connectivity index (χ4v) is 3.41. The minimum atomic E-state index is -3.51. The molecular formula is C16H18ClNO2S. The molecule has 0 bridgehead atoms. The number of hydrogen-bond donors (Lipinski definition) is 0. The van der Waals surface area contributed by atoms with Gasteiger partial charge in [-0.3, -0.25) is 0 Å². The van der Waals surface area contributed by atoms with Crippen LogP contribution in [-0.2, 0) is 16.6 Å². The summed E-state index contributed by atoms with van der Waals surface area (Å²) < 4.78 is 26.4. The van der Waals surface area contributed by atoms with Crippen LogP contribution in [0.5, 0.6) is 0 Å². The summed E-state index contributed by atoms with van der Waals surface area (Å²) in [4.78, 5) is 0.249. The van der Waals surface area contributed by atoms with Crippen molar-refractivity contribution in [2.24, 2.45) is 0 Å². The number of rotatable bonds is 4. The highest BCUT2D eigenvalue weighted by Crippen LogP contribution is 2.20. The monoisotopic (exact) mass is 323 g/mol. The molecule has 0 spiro atoms. The molecule has 0 radical (unpaired) electrons. The first-order chi connectivity index (χ1) is 9.80. The van der Waals surface area contributed by atoms with E-state index in [-0.39, 0.29) is 4.90 Å². The Balaban J connectivity index is 2.26. The largest absolute Gasteiger partial charge is 0.243 e. The van der Waals surface area contributed by atoms with Crippen LogP contribution in [0.3, 0.4) is 0 Å². The Bertz CT molecular complexity index is 739. The quantitative estimate of drug-likeness (QED) is 0.858. The van der Waals surface area contributed by atoms with Crippen molar-refractivity contribution in [1.29, 1.82) is 0 Å². The second-order valence-electron chi connectivity index (χ2n) is 5.14. The first kappa shape index (κ1) is 16.0. The normalized spacial score (nSPS) is 11.9. The van der Waals surface area contributed by atoms with Crippen molar-refractivity contribution in [3.8, 4) is 0 Å². The predicted molar refractivity (Wildman–Crippen MR) is 86.0 cm³/mol. The van der Waals surface area contributed by atoms with E-state index in [0.717, 1.165) is 11.1 Å². The average molecular weight is 324 g/mol. The van der Waals surface area contributed by atoms with Crippen molar-refractivity contribution in [2.75, 3.05) is 7.05 Å². The third kappa shape index (κ3) is 3.64. The second kappa shape index (κ2) is 6.18. The lowest BCUT2D eigenvalue weighted by Gasteiger charge is -2.18. The molecule has 0 aliphatic rings. The van der Waals surface area contributed by atoms with E-state index >= 15 is 0 Å². The van der Waals surface area contributed by atoms with Gasteiger partial charge in [-0.2, -0.15) is 4.31 Å².